The molecule has 1 aromatic carbocycles. The average molecular weight is 341 g/mol. The summed E-state index contributed by atoms with van der Waals surface area (Å²) in [5, 5.41) is 0.434. The fraction of sp³-hybridized carbons (Fsp3) is 0.526. The van der Waals surface area contributed by atoms with E-state index in [2.05, 4.69) is 4.98 Å². The highest BCUT2D eigenvalue weighted by Crippen LogP contribution is 2.35. The van der Waals surface area contributed by atoms with Gasteiger partial charge in [-0.15, -0.1) is 0 Å². The summed E-state index contributed by atoms with van der Waals surface area (Å²) in [6, 6.07) is 7.24. The van der Waals surface area contributed by atoms with E-state index in [-0.39, 0.29) is 12.5 Å². The number of nitrogens with zero attached hydrogens (tertiary/aromatic N) is 2. The minimum Gasteiger partial charge on any atom is -0.338 e. The molecule has 2 fully saturated rings. The van der Waals surface area contributed by atoms with E-state index >= 15 is 0 Å². The van der Waals surface area contributed by atoms with Crippen molar-refractivity contribution in [3.05, 3.63) is 45.1 Å². The molecule has 0 spiro atoms. The molecule has 25 heavy (non-hydrogen) atoms. The molecule has 2 heterocycles. The van der Waals surface area contributed by atoms with Gasteiger partial charge in [-0.1, -0.05) is 25.0 Å². The van der Waals surface area contributed by atoms with Crippen LogP contribution in [0.1, 0.15) is 38.5 Å². The van der Waals surface area contributed by atoms with Gasteiger partial charge in [-0.3, -0.25) is 19.1 Å². The summed E-state index contributed by atoms with van der Waals surface area (Å²) in [5.41, 5.74) is -0.413. The van der Waals surface area contributed by atoms with E-state index in [9.17, 15) is 14.4 Å². The number of aromatic nitrogens is 2. The first-order valence-corrected chi connectivity index (χ1v) is 9.16. The van der Waals surface area contributed by atoms with Gasteiger partial charge in [-0.2, -0.15) is 0 Å². The third-order valence-corrected chi connectivity index (χ3v) is 5.76. The van der Waals surface area contributed by atoms with Crippen LogP contribution < -0.4 is 11.2 Å². The Labute approximate surface area is 145 Å². The molecular weight excluding hydrogens is 318 g/mol. The Morgan fingerprint density at radius 2 is 1.84 bits per heavy atom. The number of H-pyrrole nitrogens is 1. The second-order valence-corrected chi connectivity index (χ2v) is 7.20. The number of hydrogen-bond acceptors (Lipinski definition) is 3. The van der Waals surface area contributed by atoms with Crippen LogP contribution in [0.4, 0.5) is 0 Å². The molecule has 1 atom stereocenters. The fourth-order valence-electron chi connectivity index (χ4n) is 4.56. The van der Waals surface area contributed by atoms with Crippen molar-refractivity contribution in [1.29, 1.82) is 0 Å². The first-order valence-electron chi connectivity index (χ1n) is 9.16. The van der Waals surface area contributed by atoms with Crippen molar-refractivity contribution in [2.75, 3.05) is 6.54 Å². The number of para-hydroxylation sites is 1. The van der Waals surface area contributed by atoms with Gasteiger partial charge in [0.15, 0.2) is 0 Å². The van der Waals surface area contributed by atoms with Crippen LogP contribution in [-0.2, 0) is 11.3 Å². The molecule has 1 aliphatic carbocycles. The summed E-state index contributed by atoms with van der Waals surface area (Å²) in [5.74, 6) is 0.587. The molecule has 6 heteroatoms. The third-order valence-electron chi connectivity index (χ3n) is 5.76. The Balaban J connectivity index is 1.64. The van der Waals surface area contributed by atoms with E-state index in [4.69, 9.17) is 0 Å². The van der Waals surface area contributed by atoms with E-state index in [1.54, 1.807) is 24.3 Å². The van der Waals surface area contributed by atoms with Crippen molar-refractivity contribution in [1.82, 2.24) is 14.5 Å². The monoisotopic (exact) mass is 341 g/mol. The number of nitrogens with one attached hydrogen (secondary N) is 1. The van der Waals surface area contributed by atoms with E-state index in [0.29, 0.717) is 22.9 Å². The van der Waals surface area contributed by atoms with Gasteiger partial charge < -0.3 is 4.90 Å². The zero-order chi connectivity index (χ0) is 17.4. The van der Waals surface area contributed by atoms with Gasteiger partial charge in [-0.25, -0.2) is 4.79 Å². The predicted molar refractivity (Wildman–Crippen MR) is 95.5 cm³/mol. The summed E-state index contributed by atoms with van der Waals surface area (Å²) in [7, 11) is 0. The molecule has 132 valence electrons. The molecule has 1 saturated heterocycles. The summed E-state index contributed by atoms with van der Waals surface area (Å²) < 4.78 is 1.39. The van der Waals surface area contributed by atoms with E-state index in [1.807, 2.05) is 4.90 Å². The van der Waals surface area contributed by atoms with E-state index in [1.165, 1.54) is 30.3 Å². The molecule has 1 aliphatic heterocycles. The molecule has 1 saturated carbocycles. The first kappa shape index (κ1) is 16.1. The molecule has 0 bridgehead atoms. The van der Waals surface area contributed by atoms with Crippen molar-refractivity contribution in [2.45, 2.75) is 51.1 Å². The van der Waals surface area contributed by atoms with E-state index < -0.39 is 11.2 Å². The maximum atomic E-state index is 12.9. The number of aromatic amines is 1. The van der Waals surface area contributed by atoms with Crippen LogP contribution in [0.5, 0.6) is 0 Å². The minimum absolute atomic E-state index is 0.0145. The van der Waals surface area contributed by atoms with Gasteiger partial charge in [0.25, 0.3) is 5.56 Å². The molecule has 2 aromatic rings. The SMILES string of the molecule is O=C(Cn1c(=O)[nH]c(=O)c2ccccc21)N1CCC[C@@H]1C1CCCC1. The summed E-state index contributed by atoms with van der Waals surface area (Å²) in [4.78, 5) is 41.5. The lowest BCUT2D eigenvalue weighted by Gasteiger charge is -2.29. The van der Waals surface area contributed by atoms with Gasteiger partial charge in [0.2, 0.25) is 5.91 Å². The number of benzene rings is 1. The van der Waals surface area contributed by atoms with Crippen molar-refractivity contribution in [3.63, 3.8) is 0 Å². The van der Waals surface area contributed by atoms with Gasteiger partial charge in [0.05, 0.1) is 10.9 Å². The maximum absolute atomic E-state index is 12.9. The van der Waals surface area contributed by atoms with Crippen LogP contribution in [-0.4, -0.2) is 32.9 Å². The standard InChI is InChI=1S/C19H23N3O3/c23-17(21-11-5-10-15(21)13-6-1-2-7-13)12-22-16-9-4-3-8-14(16)18(24)20-19(22)25/h3-4,8-9,13,15H,1-2,5-7,10-12H2,(H,20,24,25)/t15-/m1/s1. The fourth-order valence-corrected chi connectivity index (χ4v) is 4.56. The third kappa shape index (κ3) is 2.90. The number of hydrogen-bond donors (Lipinski definition) is 1. The largest absolute Gasteiger partial charge is 0.338 e. The summed E-state index contributed by atoms with van der Waals surface area (Å²) >= 11 is 0. The second kappa shape index (κ2) is 6.50. The first-order chi connectivity index (χ1) is 12.1. The highest BCUT2D eigenvalue weighted by atomic mass is 16.2. The lowest BCUT2D eigenvalue weighted by Crippen LogP contribution is -2.43. The van der Waals surface area contributed by atoms with Gasteiger partial charge >= 0.3 is 5.69 Å². The number of rotatable bonds is 3. The maximum Gasteiger partial charge on any atom is 0.329 e. The molecule has 1 aromatic heterocycles. The van der Waals surface area contributed by atoms with Crippen LogP contribution in [0.2, 0.25) is 0 Å². The van der Waals surface area contributed by atoms with Crippen molar-refractivity contribution >= 4 is 16.8 Å². The molecule has 6 nitrogen and oxygen atoms in total. The van der Waals surface area contributed by atoms with Gasteiger partial charge in [0.1, 0.15) is 6.54 Å². The number of amides is 1. The molecule has 1 amide bonds. The minimum atomic E-state index is -0.520. The van der Waals surface area contributed by atoms with Crippen LogP contribution >= 0.6 is 0 Å². The quantitative estimate of drug-likeness (QED) is 0.926. The summed E-state index contributed by atoms with van der Waals surface area (Å²) in [6.07, 6.45) is 7.03. The summed E-state index contributed by atoms with van der Waals surface area (Å²) in [6.45, 7) is 0.759. The molecule has 1 N–H and O–H groups in total. The Morgan fingerprint density at radius 1 is 1.08 bits per heavy atom. The Hall–Kier alpha value is -2.37. The Kier molecular flexibility index (Phi) is 4.19. The highest BCUT2D eigenvalue weighted by Gasteiger charge is 2.35. The smallest absolute Gasteiger partial charge is 0.329 e. The molecule has 0 unspecified atom stereocenters. The Bertz CT molecular complexity index is 908. The Morgan fingerprint density at radius 3 is 2.64 bits per heavy atom. The highest BCUT2D eigenvalue weighted by molar-refractivity contribution is 5.81. The van der Waals surface area contributed by atoms with Crippen LogP contribution in [0.25, 0.3) is 10.9 Å². The molecule has 4 rings (SSSR count). The lowest BCUT2D eigenvalue weighted by molar-refractivity contribution is -0.133. The number of carbonyl (C=O) groups is 1. The van der Waals surface area contributed by atoms with Gasteiger partial charge in [0, 0.05) is 12.6 Å². The van der Waals surface area contributed by atoms with Crippen molar-refractivity contribution in [3.8, 4) is 0 Å². The molecule has 2 aliphatic rings. The number of likely N-dealkylation sites (tertiary alicyclic amines) is 1. The second-order valence-electron chi connectivity index (χ2n) is 7.20. The predicted octanol–water partition coefficient (Wildman–Crippen LogP) is 1.87. The number of fused-ring (bicyclic) bond motifs is 1. The normalized spacial score (nSPS) is 21.3. The van der Waals surface area contributed by atoms with Crippen molar-refractivity contribution in [2.24, 2.45) is 5.92 Å². The topological polar surface area (TPSA) is 75.2 Å². The molecular formula is C19H23N3O3. The average Bonchev–Trinajstić information content (AvgIpc) is 3.29. The van der Waals surface area contributed by atoms with Crippen LogP contribution in [0.15, 0.2) is 33.9 Å². The van der Waals surface area contributed by atoms with Crippen molar-refractivity contribution < 1.29 is 4.79 Å². The zero-order valence-corrected chi connectivity index (χ0v) is 14.2. The zero-order valence-electron chi connectivity index (χ0n) is 14.2. The molecule has 0 radical (unpaired) electrons. The lowest BCUT2D eigenvalue weighted by atomic mass is 9.96. The number of carbonyl (C=O) groups excluding carboxylic acids is 1. The van der Waals surface area contributed by atoms with Gasteiger partial charge in [-0.05, 0) is 43.7 Å². The van der Waals surface area contributed by atoms with Crippen LogP contribution in [0, 0.1) is 5.92 Å². The van der Waals surface area contributed by atoms with Crippen LogP contribution in [0.3, 0.4) is 0 Å². The van der Waals surface area contributed by atoms with E-state index in [0.717, 1.165) is 19.4 Å².